The summed E-state index contributed by atoms with van der Waals surface area (Å²) in [6, 6.07) is 0. The first-order valence-electron chi connectivity index (χ1n) is 4.95. The summed E-state index contributed by atoms with van der Waals surface area (Å²) in [5, 5.41) is 0. The summed E-state index contributed by atoms with van der Waals surface area (Å²) in [5.41, 5.74) is 0. The number of hydrogen-bond acceptors (Lipinski definition) is 5. The Morgan fingerprint density at radius 1 is 1.27 bits per heavy atom. The highest BCUT2D eigenvalue weighted by atomic mass is 16.5. The highest BCUT2D eigenvalue weighted by Crippen LogP contribution is 2.23. The van der Waals surface area contributed by atoms with E-state index in [1.165, 1.54) is 14.2 Å². The maximum atomic E-state index is 11.4. The maximum absolute atomic E-state index is 11.4. The molecule has 1 rings (SSSR count). The molecule has 1 saturated heterocycles. The highest BCUT2D eigenvalue weighted by molar-refractivity contribution is 5.74. The van der Waals surface area contributed by atoms with Gasteiger partial charge in [0.1, 0.15) is 0 Å². The van der Waals surface area contributed by atoms with Crippen LogP contribution in [0.5, 0.6) is 0 Å². The number of ether oxygens (including phenoxy) is 2. The van der Waals surface area contributed by atoms with Gasteiger partial charge in [-0.25, -0.2) is 0 Å². The van der Waals surface area contributed by atoms with Gasteiger partial charge in [0.15, 0.2) is 0 Å². The standard InChI is InChI=1S/C10H17NO4/c1-7-4-11(6-9(12)14-2)5-8(7)10(13)15-3/h7-8H,4-6H2,1-3H3. The molecule has 1 aliphatic heterocycles. The molecular formula is C10H17NO4. The Morgan fingerprint density at radius 3 is 2.47 bits per heavy atom. The summed E-state index contributed by atoms with van der Waals surface area (Å²) < 4.78 is 9.28. The van der Waals surface area contributed by atoms with E-state index in [0.29, 0.717) is 6.54 Å². The minimum absolute atomic E-state index is 0.125. The van der Waals surface area contributed by atoms with Crippen molar-refractivity contribution in [2.45, 2.75) is 6.92 Å². The molecule has 1 heterocycles. The van der Waals surface area contributed by atoms with Crippen molar-refractivity contribution in [1.82, 2.24) is 4.90 Å². The number of rotatable bonds is 3. The molecule has 0 radical (unpaired) electrons. The number of carbonyl (C=O) groups is 2. The van der Waals surface area contributed by atoms with Crippen LogP contribution in [0.15, 0.2) is 0 Å². The first-order chi connectivity index (χ1) is 7.08. The molecule has 0 aromatic rings. The Bertz CT molecular complexity index is 254. The van der Waals surface area contributed by atoms with Crippen LogP contribution in [-0.4, -0.2) is 50.7 Å². The van der Waals surface area contributed by atoms with Gasteiger partial charge in [0, 0.05) is 13.1 Å². The molecule has 0 saturated carbocycles. The third-order valence-electron chi connectivity index (χ3n) is 2.77. The van der Waals surface area contributed by atoms with E-state index in [2.05, 4.69) is 4.74 Å². The molecule has 0 aliphatic carbocycles. The van der Waals surface area contributed by atoms with E-state index in [4.69, 9.17) is 4.74 Å². The zero-order valence-electron chi connectivity index (χ0n) is 9.36. The van der Waals surface area contributed by atoms with Crippen LogP contribution in [-0.2, 0) is 19.1 Å². The molecule has 0 bridgehead atoms. The van der Waals surface area contributed by atoms with Crippen LogP contribution in [0.1, 0.15) is 6.92 Å². The van der Waals surface area contributed by atoms with Gasteiger partial charge in [-0.2, -0.15) is 0 Å². The number of methoxy groups -OCH3 is 2. The summed E-state index contributed by atoms with van der Waals surface area (Å²) >= 11 is 0. The van der Waals surface area contributed by atoms with Gasteiger partial charge in [0.25, 0.3) is 0 Å². The lowest BCUT2D eigenvalue weighted by Gasteiger charge is -2.13. The third kappa shape index (κ3) is 2.92. The predicted molar refractivity (Wildman–Crippen MR) is 53.1 cm³/mol. The molecule has 0 N–H and O–H groups in total. The van der Waals surface area contributed by atoms with Crippen LogP contribution < -0.4 is 0 Å². The van der Waals surface area contributed by atoms with Crippen LogP contribution >= 0.6 is 0 Å². The number of carbonyl (C=O) groups excluding carboxylic acids is 2. The molecule has 5 nitrogen and oxygen atoms in total. The molecule has 86 valence electrons. The molecular weight excluding hydrogens is 198 g/mol. The first kappa shape index (κ1) is 12.0. The lowest BCUT2D eigenvalue weighted by molar-refractivity contribution is -0.147. The SMILES string of the molecule is COC(=O)CN1CC(C)C(C(=O)OC)C1. The van der Waals surface area contributed by atoms with Gasteiger partial charge in [-0.15, -0.1) is 0 Å². The van der Waals surface area contributed by atoms with Crippen molar-refractivity contribution in [2.24, 2.45) is 11.8 Å². The molecule has 0 aromatic carbocycles. The fraction of sp³-hybridized carbons (Fsp3) is 0.800. The summed E-state index contributed by atoms with van der Waals surface area (Å²) in [5.74, 6) is -0.371. The van der Waals surface area contributed by atoms with E-state index in [0.717, 1.165) is 6.54 Å². The second kappa shape index (κ2) is 5.11. The quantitative estimate of drug-likeness (QED) is 0.615. The molecule has 0 amide bonds. The largest absolute Gasteiger partial charge is 0.469 e. The smallest absolute Gasteiger partial charge is 0.319 e. The molecule has 2 atom stereocenters. The van der Waals surface area contributed by atoms with E-state index in [9.17, 15) is 9.59 Å². The Hall–Kier alpha value is -1.10. The van der Waals surface area contributed by atoms with Crippen LogP contribution in [0.3, 0.4) is 0 Å². The Labute approximate surface area is 89.3 Å². The lowest BCUT2D eigenvalue weighted by atomic mass is 9.99. The van der Waals surface area contributed by atoms with Crippen molar-refractivity contribution in [3.63, 3.8) is 0 Å². The number of nitrogens with zero attached hydrogens (tertiary/aromatic N) is 1. The molecule has 15 heavy (non-hydrogen) atoms. The minimum Gasteiger partial charge on any atom is -0.469 e. The second-order valence-corrected chi connectivity index (χ2v) is 3.88. The topological polar surface area (TPSA) is 55.8 Å². The van der Waals surface area contributed by atoms with Gasteiger partial charge in [0.05, 0.1) is 26.7 Å². The number of likely N-dealkylation sites (tertiary alicyclic amines) is 1. The van der Waals surface area contributed by atoms with Crippen molar-refractivity contribution in [2.75, 3.05) is 33.9 Å². The van der Waals surface area contributed by atoms with E-state index in [1.54, 1.807) is 0 Å². The molecule has 0 spiro atoms. The Kier molecular flexibility index (Phi) is 4.08. The van der Waals surface area contributed by atoms with Crippen LogP contribution in [0.2, 0.25) is 0 Å². The molecule has 1 fully saturated rings. The van der Waals surface area contributed by atoms with E-state index in [1.807, 2.05) is 11.8 Å². The van der Waals surface area contributed by atoms with Crippen molar-refractivity contribution < 1.29 is 19.1 Å². The van der Waals surface area contributed by atoms with Crippen molar-refractivity contribution in [1.29, 1.82) is 0 Å². The van der Waals surface area contributed by atoms with Gasteiger partial charge in [0.2, 0.25) is 0 Å². The van der Waals surface area contributed by atoms with Crippen molar-refractivity contribution in [3.05, 3.63) is 0 Å². The van der Waals surface area contributed by atoms with Gasteiger partial charge >= 0.3 is 11.9 Å². The van der Waals surface area contributed by atoms with Gasteiger partial charge < -0.3 is 9.47 Å². The highest BCUT2D eigenvalue weighted by Gasteiger charge is 2.36. The summed E-state index contributed by atoms with van der Waals surface area (Å²) in [7, 11) is 2.75. The molecule has 5 heteroatoms. The zero-order valence-corrected chi connectivity index (χ0v) is 9.36. The average molecular weight is 215 g/mol. The lowest BCUT2D eigenvalue weighted by Crippen LogP contribution is -2.29. The second-order valence-electron chi connectivity index (χ2n) is 3.88. The first-order valence-corrected chi connectivity index (χ1v) is 4.95. The number of hydrogen-bond donors (Lipinski definition) is 0. The third-order valence-corrected chi connectivity index (χ3v) is 2.77. The zero-order chi connectivity index (χ0) is 11.4. The normalized spacial score (nSPS) is 26.3. The Balaban J connectivity index is 2.48. The van der Waals surface area contributed by atoms with Gasteiger partial charge in [-0.3, -0.25) is 14.5 Å². The van der Waals surface area contributed by atoms with Crippen molar-refractivity contribution in [3.8, 4) is 0 Å². The van der Waals surface area contributed by atoms with Gasteiger partial charge in [-0.1, -0.05) is 6.92 Å². The predicted octanol–water partition coefficient (Wildman–Crippen LogP) is -0.0997. The van der Waals surface area contributed by atoms with Crippen LogP contribution in [0.25, 0.3) is 0 Å². The van der Waals surface area contributed by atoms with Crippen molar-refractivity contribution >= 4 is 11.9 Å². The van der Waals surface area contributed by atoms with E-state index >= 15 is 0 Å². The van der Waals surface area contributed by atoms with E-state index in [-0.39, 0.29) is 30.3 Å². The Morgan fingerprint density at radius 2 is 1.93 bits per heavy atom. The monoisotopic (exact) mass is 215 g/mol. The minimum atomic E-state index is -0.271. The summed E-state index contributed by atoms with van der Waals surface area (Å²) in [4.78, 5) is 24.3. The fourth-order valence-corrected chi connectivity index (χ4v) is 1.90. The maximum Gasteiger partial charge on any atom is 0.319 e. The summed E-state index contributed by atoms with van der Waals surface area (Å²) in [6.45, 7) is 3.53. The molecule has 1 aliphatic rings. The molecule has 0 aromatic heterocycles. The van der Waals surface area contributed by atoms with Gasteiger partial charge in [-0.05, 0) is 5.92 Å². The summed E-state index contributed by atoms with van der Waals surface area (Å²) in [6.07, 6.45) is 0. The van der Waals surface area contributed by atoms with E-state index < -0.39 is 0 Å². The van der Waals surface area contributed by atoms with Crippen LogP contribution in [0, 0.1) is 11.8 Å². The van der Waals surface area contributed by atoms with Crippen LogP contribution in [0.4, 0.5) is 0 Å². The fourth-order valence-electron chi connectivity index (χ4n) is 1.90. The molecule has 2 unspecified atom stereocenters. The average Bonchev–Trinajstić information content (AvgIpc) is 2.58. The number of esters is 2.